The van der Waals surface area contributed by atoms with Crippen LogP contribution in [0, 0.1) is 24.1 Å². The fraction of sp³-hybridized carbons (Fsp3) is 0.407. The first kappa shape index (κ1) is 26.9. The number of esters is 1. The minimum atomic E-state index is -3.08. The summed E-state index contributed by atoms with van der Waals surface area (Å²) in [5.74, 6) is -3.50. The summed E-state index contributed by atoms with van der Waals surface area (Å²) in [6.07, 6.45) is 6.78. The van der Waals surface area contributed by atoms with Gasteiger partial charge in [0.05, 0.1) is 18.2 Å². The molecule has 0 radical (unpaired) electrons. The summed E-state index contributed by atoms with van der Waals surface area (Å²) in [7, 11) is 0. The van der Waals surface area contributed by atoms with Crippen molar-refractivity contribution in [2.24, 2.45) is 10.9 Å². The molecule has 4 atom stereocenters. The standard InChI is InChI=1S/C27H25F3N4O4S/c1-3-14-9-16(28)5-6-18(14)22-21(26(37)38-4-2)19(32-24(33-22)25-31-7-8-39-25)13-34-17-10-15(11-20(35)36)23(34)27(29,30)12-17/h1,5-9,15,17,22-23H,4,10-13H2,2H3,(H,32,33)(H,35,36)/t15?,17-,22+,23+/m1/s1. The zero-order chi connectivity index (χ0) is 27.9. The van der Waals surface area contributed by atoms with E-state index in [1.807, 2.05) is 0 Å². The van der Waals surface area contributed by atoms with Gasteiger partial charge in [0.1, 0.15) is 11.9 Å². The number of benzene rings is 1. The average Bonchev–Trinajstić information content (AvgIpc) is 3.57. The quantitative estimate of drug-likeness (QED) is 0.376. The van der Waals surface area contributed by atoms with Gasteiger partial charge in [-0.05, 0) is 37.0 Å². The lowest BCUT2D eigenvalue weighted by Gasteiger charge is -2.32. The maximum absolute atomic E-state index is 15.0. The number of ether oxygens (including phenoxy) is 1. The number of hydrogen-bond donors (Lipinski definition) is 2. The molecular formula is C27H25F3N4O4S. The highest BCUT2D eigenvalue weighted by molar-refractivity contribution is 7.11. The van der Waals surface area contributed by atoms with Crippen LogP contribution in [0.5, 0.6) is 0 Å². The number of carbonyl (C=O) groups is 2. The van der Waals surface area contributed by atoms with E-state index in [4.69, 9.17) is 16.2 Å². The molecule has 3 aliphatic rings. The van der Waals surface area contributed by atoms with Gasteiger partial charge in [0.25, 0.3) is 5.92 Å². The van der Waals surface area contributed by atoms with Gasteiger partial charge < -0.3 is 15.2 Å². The number of hydrogen-bond acceptors (Lipinski definition) is 8. The van der Waals surface area contributed by atoms with Crippen LogP contribution in [0.25, 0.3) is 0 Å². The topological polar surface area (TPSA) is 104 Å². The number of amidine groups is 1. The van der Waals surface area contributed by atoms with Crippen LogP contribution in [0.4, 0.5) is 13.2 Å². The molecule has 5 rings (SSSR count). The SMILES string of the molecule is C#Cc1cc(F)ccc1[C@@H]1N=C(c2nccs2)NC(CN2[C@@H]3CC(CC(=O)O)[C@H]2C(F)(F)C3)=C1C(=O)OCC. The summed E-state index contributed by atoms with van der Waals surface area (Å²) in [5, 5.41) is 14.7. The number of alkyl halides is 2. The number of halogens is 3. The summed E-state index contributed by atoms with van der Waals surface area (Å²) < 4.78 is 49.5. The highest BCUT2D eigenvalue weighted by Gasteiger charge is 2.62. The Morgan fingerprint density at radius 3 is 2.85 bits per heavy atom. The summed E-state index contributed by atoms with van der Waals surface area (Å²) in [4.78, 5) is 35.3. The van der Waals surface area contributed by atoms with E-state index in [0.29, 0.717) is 22.8 Å². The van der Waals surface area contributed by atoms with E-state index in [-0.39, 0.29) is 36.4 Å². The van der Waals surface area contributed by atoms with Crippen LogP contribution in [-0.4, -0.2) is 63.9 Å². The zero-order valence-electron chi connectivity index (χ0n) is 20.9. The highest BCUT2D eigenvalue weighted by Crippen LogP contribution is 2.52. The monoisotopic (exact) mass is 558 g/mol. The molecule has 2 fully saturated rings. The normalized spacial score (nSPS) is 25.7. The molecule has 8 nitrogen and oxygen atoms in total. The smallest absolute Gasteiger partial charge is 0.338 e. The molecule has 2 N–H and O–H groups in total. The van der Waals surface area contributed by atoms with Gasteiger partial charge in [-0.2, -0.15) is 0 Å². The molecule has 1 aromatic carbocycles. The lowest BCUT2D eigenvalue weighted by atomic mass is 9.84. The van der Waals surface area contributed by atoms with Crippen molar-refractivity contribution >= 4 is 29.1 Å². The second-order valence-electron chi connectivity index (χ2n) is 9.66. The van der Waals surface area contributed by atoms with Gasteiger partial charge in [0.2, 0.25) is 0 Å². The van der Waals surface area contributed by atoms with Gasteiger partial charge in [-0.15, -0.1) is 17.8 Å². The second kappa shape index (κ2) is 10.5. The highest BCUT2D eigenvalue weighted by atomic mass is 32.1. The van der Waals surface area contributed by atoms with Gasteiger partial charge in [0, 0.05) is 48.3 Å². The van der Waals surface area contributed by atoms with Crippen molar-refractivity contribution in [3.63, 3.8) is 0 Å². The third-order valence-electron chi connectivity index (χ3n) is 7.29. The molecule has 1 unspecified atom stereocenters. The van der Waals surface area contributed by atoms with Gasteiger partial charge in [0.15, 0.2) is 10.8 Å². The first-order valence-electron chi connectivity index (χ1n) is 12.4. The first-order valence-corrected chi connectivity index (χ1v) is 13.3. The largest absolute Gasteiger partial charge is 0.481 e. The van der Waals surface area contributed by atoms with Gasteiger partial charge in [-0.3, -0.25) is 14.7 Å². The summed E-state index contributed by atoms with van der Waals surface area (Å²) in [5.41, 5.74) is 0.882. The number of aromatic nitrogens is 1. The van der Waals surface area contributed by atoms with Crippen LogP contribution in [0.15, 0.2) is 46.0 Å². The third kappa shape index (κ3) is 5.04. The van der Waals surface area contributed by atoms with Gasteiger partial charge in [-0.1, -0.05) is 12.0 Å². The van der Waals surface area contributed by atoms with E-state index >= 15 is 8.78 Å². The molecule has 12 heteroatoms. The van der Waals surface area contributed by atoms with E-state index in [1.165, 1.54) is 23.5 Å². The Kier molecular flexibility index (Phi) is 7.22. The molecule has 2 aromatic rings. The van der Waals surface area contributed by atoms with E-state index in [2.05, 4.69) is 16.2 Å². The molecule has 3 aliphatic heterocycles. The minimum Gasteiger partial charge on any atom is -0.481 e. The lowest BCUT2D eigenvalue weighted by molar-refractivity contribution is -0.140. The molecule has 0 spiro atoms. The van der Waals surface area contributed by atoms with Gasteiger partial charge in [-0.25, -0.2) is 22.9 Å². The molecule has 4 heterocycles. The van der Waals surface area contributed by atoms with Crippen LogP contribution in [0.1, 0.15) is 48.4 Å². The predicted molar refractivity (Wildman–Crippen MR) is 137 cm³/mol. The predicted octanol–water partition coefficient (Wildman–Crippen LogP) is 3.74. The molecular weight excluding hydrogens is 533 g/mol. The number of thiazole rings is 1. The zero-order valence-corrected chi connectivity index (χ0v) is 21.7. The maximum Gasteiger partial charge on any atom is 0.338 e. The van der Waals surface area contributed by atoms with Crippen molar-refractivity contribution in [3.8, 4) is 12.3 Å². The summed E-state index contributed by atoms with van der Waals surface area (Å²) in [6, 6.07) is 0.912. The van der Waals surface area contributed by atoms with E-state index in [0.717, 1.165) is 6.07 Å². The van der Waals surface area contributed by atoms with Crippen molar-refractivity contribution in [2.75, 3.05) is 13.2 Å². The van der Waals surface area contributed by atoms with Crippen LogP contribution in [0.3, 0.4) is 0 Å². The molecule has 204 valence electrons. The number of nitrogens with one attached hydrogen (secondary N) is 1. The molecule has 2 saturated heterocycles. The molecule has 2 bridgehead atoms. The number of carboxylic acid groups (broad SMARTS) is 1. The average molecular weight is 559 g/mol. The first-order chi connectivity index (χ1) is 18.6. The molecule has 39 heavy (non-hydrogen) atoms. The Hall–Kier alpha value is -3.69. The Morgan fingerprint density at radius 2 is 2.18 bits per heavy atom. The van der Waals surface area contributed by atoms with Crippen LogP contribution < -0.4 is 5.32 Å². The summed E-state index contributed by atoms with van der Waals surface area (Å²) in [6.45, 7) is 1.57. The number of terminal acetylenes is 1. The number of nitrogens with zero attached hydrogens (tertiary/aromatic N) is 3. The second-order valence-corrected chi connectivity index (χ2v) is 10.6. The number of rotatable bonds is 8. The fourth-order valence-corrected chi connectivity index (χ4v) is 6.49. The Labute approximate surface area is 226 Å². The van der Waals surface area contributed by atoms with Crippen molar-refractivity contribution in [2.45, 2.75) is 50.2 Å². The molecule has 0 saturated carbocycles. The number of carboxylic acids is 1. The van der Waals surface area contributed by atoms with E-state index in [9.17, 15) is 19.1 Å². The molecule has 0 aliphatic carbocycles. The Morgan fingerprint density at radius 1 is 1.38 bits per heavy atom. The summed E-state index contributed by atoms with van der Waals surface area (Å²) >= 11 is 1.28. The number of fused-ring (bicyclic) bond motifs is 2. The fourth-order valence-electron chi connectivity index (χ4n) is 5.90. The number of carbonyl (C=O) groups excluding carboxylic acids is 1. The number of aliphatic imine (C=N–C) groups is 1. The molecule has 0 amide bonds. The van der Waals surface area contributed by atoms with Crippen LogP contribution in [-0.2, 0) is 14.3 Å². The van der Waals surface area contributed by atoms with E-state index < -0.39 is 54.1 Å². The number of aliphatic carboxylic acids is 1. The van der Waals surface area contributed by atoms with Crippen molar-refractivity contribution in [3.05, 3.63) is 63.0 Å². The van der Waals surface area contributed by atoms with Crippen LogP contribution in [0.2, 0.25) is 0 Å². The van der Waals surface area contributed by atoms with Crippen molar-refractivity contribution in [1.29, 1.82) is 0 Å². The Bertz CT molecular complexity index is 1400. The van der Waals surface area contributed by atoms with Crippen molar-refractivity contribution in [1.82, 2.24) is 15.2 Å². The van der Waals surface area contributed by atoms with E-state index in [1.54, 1.807) is 23.4 Å². The van der Waals surface area contributed by atoms with Gasteiger partial charge >= 0.3 is 11.9 Å². The lowest BCUT2D eigenvalue weighted by Crippen LogP contribution is -2.45. The Balaban J connectivity index is 1.62. The van der Waals surface area contributed by atoms with Crippen LogP contribution >= 0.6 is 11.3 Å². The maximum atomic E-state index is 15.0. The van der Waals surface area contributed by atoms with Crippen molar-refractivity contribution < 1.29 is 32.6 Å². The third-order valence-corrected chi connectivity index (χ3v) is 8.07. The minimum absolute atomic E-state index is 0.0462. The molecule has 1 aromatic heterocycles.